The molecule has 0 aliphatic carbocycles. The van der Waals surface area contributed by atoms with Crippen LogP contribution in [0, 0.1) is 5.92 Å². The van der Waals surface area contributed by atoms with E-state index in [1.165, 1.54) is 36.5 Å². The number of phenols is 1. The number of esters is 1. The number of phenolic OH excluding ortho intramolecular Hbond substituents is 1. The van der Waals surface area contributed by atoms with Gasteiger partial charge in [-0.05, 0) is 24.6 Å². The predicted molar refractivity (Wildman–Crippen MR) is 73.6 cm³/mol. The van der Waals surface area contributed by atoms with Crippen LogP contribution in [-0.4, -0.2) is 40.7 Å². The standard InChI is InChI=1S/C14H15F3N2O5/c1-2-24-11(21)9-10(7-3-5-8(20)6-4-7)18-12(22)19-13(9,23)14(15,16)17/h3-6,9-10,20,23H,2H2,1H3,(H2,18,19,22)/t9-,10-,13+/m0/s1. The molecule has 10 heteroatoms. The molecule has 0 saturated carbocycles. The topological polar surface area (TPSA) is 108 Å². The van der Waals surface area contributed by atoms with Crippen molar-refractivity contribution in [2.45, 2.75) is 24.9 Å². The summed E-state index contributed by atoms with van der Waals surface area (Å²) in [6.07, 6.45) is -5.32. The van der Waals surface area contributed by atoms with Crippen LogP contribution in [0.25, 0.3) is 0 Å². The van der Waals surface area contributed by atoms with Crippen LogP contribution in [0.4, 0.5) is 18.0 Å². The number of aromatic hydroxyl groups is 1. The average Bonchev–Trinajstić information content (AvgIpc) is 2.46. The van der Waals surface area contributed by atoms with E-state index in [9.17, 15) is 33.0 Å². The van der Waals surface area contributed by atoms with E-state index in [-0.39, 0.29) is 17.9 Å². The Kier molecular flexibility index (Phi) is 4.61. The number of ether oxygens (including phenoxy) is 1. The van der Waals surface area contributed by atoms with Gasteiger partial charge in [-0.15, -0.1) is 0 Å². The number of nitrogens with one attached hydrogen (secondary N) is 2. The van der Waals surface area contributed by atoms with Crippen LogP contribution in [0.15, 0.2) is 24.3 Å². The monoisotopic (exact) mass is 348 g/mol. The highest BCUT2D eigenvalue weighted by Gasteiger charge is 2.67. The Balaban J connectivity index is 2.55. The lowest BCUT2D eigenvalue weighted by molar-refractivity contribution is -0.294. The third kappa shape index (κ3) is 3.09. The summed E-state index contributed by atoms with van der Waals surface area (Å²) < 4.78 is 44.7. The summed E-state index contributed by atoms with van der Waals surface area (Å²) in [6.45, 7) is 1.19. The lowest BCUT2D eigenvalue weighted by Gasteiger charge is -2.44. The number of carbonyl (C=O) groups is 2. The van der Waals surface area contributed by atoms with Gasteiger partial charge in [-0.25, -0.2) is 4.79 Å². The van der Waals surface area contributed by atoms with E-state index in [0.717, 1.165) is 0 Å². The molecule has 132 valence electrons. The van der Waals surface area contributed by atoms with Crippen LogP contribution in [0.1, 0.15) is 18.5 Å². The number of benzene rings is 1. The van der Waals surface area contributed by atoms with Gasteiger partial charge in [0.2, 0.25) is 0 Å². The maximum atomic E-state index is 13.4. The second-order valence-corrected chi connectivity index (χ2v) is 5.16. The Morgan fingerprint density at radius 3 is 2.42 bits per heavy atom. The molecule has 1 fully saturated rings. The van der Waals surface area contributed by atoms with Crippen LogP contribution in [0.3, 0.4) is 0 Å². The summed E-state index contributed by atoms with van der Waals surface area (Å²) >= 11 is 0. The number of alkyl halides is 3. The van der Waals surface area contributed by atoms with E-state index in [4.69, 9.17) is 0 Å². The molecule has 7 nitrogen and oxygen atoms in total. The van der Waals surface area contributed by atoms with Gasteiger partial charge in [0.25, 0.3) is 5.72 Å². The molecule has 1 aliphatic rings. The van der Waals surface area contributed by atoms with E-state index in [1.54, 1.807) is 0 Å². The molecule has 3 atom stereocenters. The quantitative estimate of drug-likeness (QED) is 0.614. The van der Waals surface area contributed by atoms with Gasteiger partial charge >= 0.3 is 18.2 Å². The van der Waals surface area contributed by atoms with E-state index in [0.29, 0.717) is 0 Å². The zero-order chi connectivity index (χ0) is 18.1. The lowest BCUT2D eigenvalue weighted by Crippen LogP contribution is -2.73. The van der Waals surface area contributed by atoms with Gasteiger partial charge in [-0.2, -0.15) is 13.2 Å². The summed E-state index contributed by atoms with van der Waals surface area (Å²) in [4.78, 5) is 23.7. The molecule has 1 saturated heterocycles. The Labute approximate surface area is 134 Å². The van der Waals surface area contributed by atoms with Gasteiger partial charge in [-0.1, -0.05) is 12.1 Å². The molecule has 1 aromatic carbocycles. The molecule has 4 N–H and O–H groups in total. The molecule has 1 heterocycles. The Morgan fingerprint density at radius 1 is 1.33 bits per heavy atom. The van der Waals surface area contributed by atoms with Crippen molar-refractivity contribution in [3.63, 3.8) is 0 Å². The molecular weight excluding hydrogens is 333 g/mol. The SMILES string of the molecule is CCOC(=O)[C@@H]1[C@H](c2ccc(O)cc2)NC(=O)N[C@]1(O)C(F)(F)F. The second kappa shape index (κ2) is 6.19. The zero-order valence-electron chi connectivity index (χ0n) is 12.4. The summed E-state index contributed by atoms with van der Waals surface area (Å²) in [5, 5.41) is 22.9. The average molecular weight is 348 g/mol. The number of halogens is 3. The first-order valence-electron chi connectivity index (χ1n) is 6.93. The zero-order valence-corrected chi connectivity index (χ0v) is 12.4. The minimum absolute atomic E-state index is 0.0865. The van der Waals surface area contributed by atoms with Crippen molar-refractivity contribution in [1.29, 1.82) is 0 Å². The third-order valence-electron chi connectivity index (χ3n) is 3.60. The van der Waals surface area contributed by atoms with Crippen LogP contribution >= 0.6 is 0 Å². The van der Waals surface area contributed by atoms with Crippen LogP contribution in [0.2, 0.25) is 0 Å². The minimum Gasteiger partial charge on any atom is -0.508 e. The predicted octanol–water partition coefficient (Wildman–Crippen LogP) is 1.18. The second-order valence-electron chi connectivity index (χ2n) is 5.16. The third-order valence-corrected chi connectivity index (χ3v) is 3.60. The molecule has 0 unspecified atom stereocenters. The van der Waals surface area contributed by atoms with Gasteiger partial charge in [0, 0.05) is 0 Å². The molecular formula is C14H15F3N2O5. The first-order chi connectivity index (χ1) is 11.1. The van der Waals surface area contributed by atoms with Crippen molar-refractivity contribution >= 4 is 12.0 Å². The Bertz CT molecular complexity index is 634. The van der Waals surface area contributed by atoms with Gasteiger partial charge in [0.15, 0.2) is 0 Å². The van der Waals surface area contributed by atoms with Crippen molar-refractivity contribution in [2.24, 2.45) is 5.92 Å². The number of carbonyl (C=O) groups excluding carboxylic acids is 2. The summed E-state index contributed by atoms with van der Waals surface area (Å²) in [7, 11) is 0. The van der Waals surface area contributed by atoms with E-state index in [2.05, 4.69) is 10.1 Å². The van der Waals surface area contributed by atoms with Crippen molar-refractivity contribution in [2.75, 3.05) is 6.61 Å². The molecule has 0 bridgehead atoms. The minimum atomic E-state index is -5.32. The van der Waals surface area contributed by atoms with Crippen molar-refractivity contribution in [3.8, 4) is 5.75 Å². The normalized spacial score (nSPS) is 27.1. The van der Waals surface area contributed by atoms with Crippen LogP contribution in [-0.2, 0) is 9.53 Å². The molecule has 24 heavy (non-hydrogen) atoms. The molecule has 1 aromatic rings. The summed E-state index contributed by atoms with van der Waals surface area (Å²) in [5.41, 5.74) is -3.71. The maximum Gasteiger partial charge on any atom is 0.437 e. The maximum absolute atomic E-state index is 13.4. The Hall–Kier alpha value is -2.49. The number of hydrogen-bond donors (Lipinski definition) is 4. The number of hydrogen-bond acceptors (Lipinski definition) is 5. The fraction of sp³-hybridized carbons (Fsp3) is 0.429. The summed E-state index contributed by atoms with van der Waals surface area (Å²) in [6, 6.07) is 2.01. The summed E-state index contributed by atoms with van der Waals surface area (Å²) in [5.74, 6) is -3.67. The molecule has 0 radical (unpaired) electrons. The lowest BCUT2D eigenvalue weighted by atomic mass is 9.82. The fourth-order valence-corrected chi connectivity index (χ4v) is 2.50. The van der Waals surface area contributed by atoms with Gasteiger partial charge < -0.3 is 25.6 Å². The van der Waals surface area contributed by atoms with E-state index >= 15 is 0 Å². The number of urea groups is 1. The highest BCUT2D eigenvalue weighted by Crippen LogP contribution is 2.43. The highest BCUT2D eigenvalue weighted by molar-refractivity contribution is 5.83. The van der Waals surface area contributed by atoms with Crippen molar-refractivity contribution < 1.29 is 37.7 Å². The first-order valence-corrected chi connectivity index (χ1v) is 6.93. The molecule has 1 aliphatic heterocycles. The van der Waals surface area contributed by atoms with Gasteiger partial charge in [-0.3, -0.25) is 4.79 Å². The largest absolute Gasteiger partial charge is 0.508 e. The number of aliphatic hydroxyl groups is 1. The molecule has 2 rings (SSSR count). The number of amides is 2. The highest BCUT2D eigenvalue weighted by atomic mass is 19.4. The molecule has 0 aromatic heterocycles. The van der Waals surface area contributed by atoms with Crippen molar-refractivity contribution in [3.05, 3.63) is 29.8 Å². The van der Waals surface area contributed by atoms with Crippen molar-refractivity contribution in [1.82, 2.24) is 10.6 Å². The fourth-order valence-electron chi connectivity index (χ4n) is 2.50. The van der Waals surface area contributed by atoms with E-state index < -0.39 is 35.9 Å². The molecule has 2 amide bonds. The molecule has 0 spiro atoms. The van der Waals surface area contributed by atoms with E-state index in [1.807, 2.05) is 0 Å². The van der Waals surface area contributed by atoms with Gasteiger partial charge in [0.1, 0.15) is 11.7 Å². The Morgan fingerprint density at radius 2 is 1.92 bits per heavy atom. The number of rotatable bonds is 3. The first kappa shape index (κ1) is 17.9. The smallest absolute Gasteiger partial charge is 0.437 e. The van der Waals surface area contributed by atoms with Crippen LogP contribution < -0.4 is 10.6 Å². The van der Waals surface area contributed by atoms with Gasteiger partial charge in [0.05, 0.1) is 12.6 Å². The van der Waals surface area contributed by atoms with Crippen LogP contribution in [0.5, 0.6) is 5.75 Å².